The highest BCUT2D eigenvalue weighted by molar-refractivity contribution is 5.86. The molecule has 0 radical (unpaired) electrons. The molecule has 2 atom stereocenters. The number of fused-ring (bicyclic) bond motifs is 1. The lowest BCUT2D eigenvalue weighted by molar-refractivity contribution is -0.143. The number of rotatable bonds is 7. The average molecular weight is 409 g/mol. The van der Waals surface area contributed by atoms with E-state index in [1.54, 1.807) is 62.4 Å². The Hall–Kier alpha value is -3.68. The molecule has 3 aromatic rings. The number of amides is 1. The molecule has 0 spiro atoms. The highest BCUT2D eigenvalue weighted by Gasteiger charge is 2.30. The number of benzene rings is 2. The minimum absolute atomic E-state index is 0.0540. The summed E-state index contributed by atoms with van der Waals surface area (Å²) in [7, 11) is 0. The first kappa shape index (κ1) is 21.0. The maximum absolute atomic E-state index is 13.1. The van der Waals surface area contributed by atoms with Gasteiger partial charge in [0.25, 0.3) is 5.56 Å². The van der Waals surface area contributed by atoms with Gasteiger partial charge in [-0.2, -0.15) is 0 Å². The molecule has 3 rings (SSSR count). The van der Waals surface area contributed by atoms with E-state index in [1.807, 2.05) is 6.07 Å². The van der Waals surface area contributed by atoms with Gasteiger partial charge < -0.3 is 15.4 Å². The second-order valence-corrected chi connectivity index (χ2v) is 7.42. The van der Waals surface area contributed by atoms with Crippen molar-refractivity contribution in [3.63, 3.8) is 0 Å². The molecule has 0 unspecified atom stereocenters. The summed E-state index contributed by atoms with van der Waals surface area (Å²) in [4.78, 5) is 53.1. The number of aromatic amines is 1. The van der Waals surface area contributed by atoms with Crippen molar-refractivity contribution in [3.8, 4) is 0 Å². The topological polar surface area (TPSA) is 121 Å². The zero-order valence-electron chi connectivity index (χ0n) is 16.7. The van der Waals surface area contributed by atoms with Gasteiger partial charge in [-0.15, -0.1) is 0 Å². The summed E-state index contributed by atoms with van der Waals surface area (Å²) >= 11 is 0. The van der Waals surface area contributed by atoms with Crippen LogP contribution in [0.25, 0.3) is 10.9 Å². The summed E-state index contributed by atoms with van der Waals surface area (Å²) in [6.07, 6.45) is 0.0540. The van der Waals surface area contributed by atoms with Gasteiger partial charge in [0.15, 0.2) is 0 Å². The molecule has 156 valence electrons. The molecule has 0 fully saturated rings. The highest BCUT2D eigenvalue weighted by atomic mass is 16.4. The van der Waals surface area contributed by atoms with Crippen molar-refractivity contribution >= 4 is 22.8 Å². The number of carbonyl (C=O) groups is 2. The van der Waals surface area contributed by atoms with E-state index in [2.05, 4.69) is 10.3 Å². The molecule has 2 aromatic carbocycles. The van der Waals surface area contributed by atoms with Gasteiger partial charge in [-0.1, -0.05) is 56.3 Å². The standard InChI is InChI=1S/C22H23N3O5/c1-13(2)18(21(28)29)24-19(26)17(12-14-8-4-3-5-9-14)25-20(27)15-10-6-7-11-16(15)23-22(25)30/h3-11,13,17-18H,12H2,1-2H3,(H,23,30)(H,24,26)(H,28,29)/t17-,18+/m1/s1. The van der Waals surface area contributed by atoms with E-state index in [0.717, 1.165) is 10.1 Å². The van der Waals surface area contributed by atoms with Crippen LogP contribution < -0.4 is 16.6 Å². The quantitative estimate of drug-likeness (QED) is 0.548. The predicted octanol–water partition coefficient (Wildman–Crippen LogP) is 1.70. The fourth-order valence-corrected chi connectivity index (χ4v) is 3.36. The maximum Gasteiger partial charge on any atom is 0.329 e. The van der Waals surface area contributed by atoms with Crippen molar-refractivity contribution in [2.45, 2.75) is 32.4 Å². The third kappa shape index (κ3) is 4.32. The van der Waals surface area contributed by atoms with Gasteiger partial charge in [-0.3, -0.25) is 9.59 Å². The van der Waals surface area contributed by atoms with Crippen molar-refractivity contribution in [1.82, 2.24) is 14.9 Å². The Kier molecular flexibility index (Phi) is 6.15. The molecule has 8 heteroatoms. The van der Waals surface area contributed by atoms with Crippen LogP contribution in [-0.2, 0) is 16.0 Å². The van der Waals surface area contributed by atoms with Gasteiger partial charge >= 0.3 is 11.7 Å². The Morgan fingerprint density at radius 3 is 2.30 bits per heavy atom. The molecule has 8 nitrogen and oxygen atoms in total. The summed E-state index contributed by atoms with van der Waals surface area (Å²) < 4.78 is 0.865. The van der Waals surface area contributed by atoms with Crippen LogP contribution in [0.2, 0.25) is 0 Å². The number of carboxylic acids is 1. The minimum atomic E-state index is -1.21. The number of para-hydroxylation sites is 1. The van der Waals surface area contributed by atoms with Crippen LogP contribution in [0.1, 0.15) is 25.5 Å². The van der Waals surface area contributed by atoms with Crippen molar-refractivity contribution < 1.29 is 14.7 Å². The second kappa shape index (κ2) is 8.77. The third-order valence-corrected chi connectivity index (χ3v) is 4.95. The van der Waals surface area contributed by atoms with Gasteiger partial charge in [0.1, 0.15) is 12.1 Å². The van der Waals surface area contributed by atoms with Crippen molar-refractivity contribution in [1.29, 1.82) is 0 Å². The van der Waals surface area contributed by atoms with Gasteiger partial charge in [0.05, 0.1) is 10.9 Å². The van der Waals surface area contributed by atoms with Crippen LogP contribution in [-0.4, -0.2) is 32.6 Å². The van der Waals surface area contributed by atoms with E-state index in [4.69, 9.17) is 0 Å². The van der Waals surface area contributed by atoms with Crippen molar-refractivity contribution in [2.75, 3.05) is 0 Å². The Balaban J connectivity index is 2.12. The molecular formula is C22H23N3O5. The molecule has 1 heterocycles. The molecule has 0 bridgehead atoms. The second-order valence-electron chi connectivity index (χ2n) is 7.42. The number of H-pyrrole nitrogens is 1. The normalized spacial score (nSPS) is 13.2. The fraction of sp³-hybridized carbons (Fsp3) is 0.273. The Labute approximate surface area is 172 Å². The Bertz CT molecular complexity index is 1180. The van der Waals surface area contributed by atoms with E-state index in [0.29, 0.717) is 5.52 Å². The summed E-state index contributed by atoms with van der Waals surface area (Å²) in [6, 6.07) is 13.1. The van der Waals surface area contributed by atoms with Crippen molar-refractivity contribution in [2.24, 2.45) is 5.92 Å². The zero-order chi connectivity index (χ0) is 21.8. The smallest absolute Gasteiger partial charge is 0.329 e. The lowest BCUT2D eigenvalue weighted by Gasteiger charge is -2.23. The number of nitrogens with zero attached hydrogens (tertiary/aromatic N) is 1. The van der Waals surface area contributed by atoms with Crippen LogP contribution in [0.15, 0.2) is 64.2 Å². The molecule has 0 aliphatic heterocycles. The first-order valence-electron chi connectivity index (χ1n) is 9.60. The Morgan fingerprint density at radius 2 is 1.67 bits per heavy atom. The fourth-order valence-electron chi connectivity index (χ4n) is 3.36. The predicted molar refractivity (Wildman–Crippen MR) is 112 cm³/mol. The van der Waals surface area contributed by atoms with E-state index < -0.39 is 35.2 Å². The number of aromatic nitrogens is 2. The molecule has 1 aromatic heterocycles. The van der Waals surface area contributed by atoms with E-state index in [-0.39, 0.29) is 17.7 Å². The SMILES string of the molecule is CC(C)[C@H](NC(=O)[C@@H](Cc1ccccc1)n1c(=O)[nH]c2ccccc2c1=O)C(=O)O. The number of hydrogen-bond donors (Lipinski definition) is 3. The number of carbonyl (C=O) groups excluding carboxylic acids is 1. The maximum atomic E-state index is 13.1. The van der Waals surface area contributed by atoms with E-state index in [1.165, 1.54) is 0 Å². The summed E-state index contributed by atoms with van der Waals surface area (Å²) in [5.41, 5.74) is -0.241. The van der Waals surface area contributed by atoms with Crippen LogP contribution in [0.3, 0.4) is 0 Å². The first-order valence-corrected chi connectivity index (χ1v) is 9.60. The molecule has 0 aliphatic carbocycles. The van der Waals surface area contributed by atoms with Gasteiger partial charge in [-0.25, -0.2) is 14.2 Å². The number of hydrogen-bond acceptors (Lipinski definition) is 4. The molecule has 0 aliphatic rings. The van der Waals surface area contributed by atoms with Crippen LogP contribution in [0, 0.1) is 5.92 Å². The van der Waals surface area contributed by atoms with Crippen LogP contribution in [0.4, 0.5) is 0 Å². The average Bonchev–Trinajstić information content (AvgIpc) is 2.71. The highest BCUT2D eigenvalue weighted by Crippen LogP contribution is 2.15. The number of carboxylic acid groups (broad SMARTS) is 1. The minimum Gasteiger partial charge on any atom is -0.480 e. The van der Waals surface area contributed by atoms with Crippen LogP contribution in [0.5, 0.6) is 0 Å². The summed E-state index contributed by atoms with van der Waals surface area (Å²) in [5.74, 6) is -2.27. The molecule has 3 N–H and O–H groups in total. The molecule has 0 saturated carbocycles. The van der Waals surface area contributed by atoms with Gasteiger partial charge in [0, 0.05) is 6.42 Å². The molecule has 1 amide bonds. The zero-order valence-corrected chi connectivity index (χ0v) is 16.7. The van der Waals surface area contributed by atoms with Crippen LogP contribution >= 0.6 is 0 Å². The summed E-state index contributed by atoms with van der Waals surface area (Å²) in [5, 5.41) is 12.2. The lowest BCUT2D eigenvalue weighted by atomic mass is 10.0. The third-order valence-electron chi connectivity index (χ3n) is 4.95. The van der Waals surface area contributed by atoms with E-state index in [9.17, 15) is 24.3 Å². The van der Waals surface area contributed by atoms with Crippen molar-refractivity contribution in [3.05, 3.63) is 81.0 Å². The summed E-state index contributed by atoms with van der Waals surface area (Å²) in [6.45, 7) is 3.33. The molecule has 0 saturated heterocycles. The van der Waals surface area contributed by atoms with E-state index >= 15 is 0 Å². The lowest BCUT2D eigenvalue weighted by Crippen LogP contribution is -2.51. The number of aliphatic carboxylic acids is 1. The monoisotopic (exact) mass is 409 g/mol. The molecule has 30 heavy (non-hydrogen) atoms. The number of nitrogens with one attached hydrogen (secondary N) is 2. The first-order chi connectivity index (χ1) is 14.3. The van der Waals surface area contributed by atoms with Gasteiger partial charge in [-0.05, 0) is 23.6 Å². The van der Waals surface area contributed by atoms with Gasteiger partial charge in [0.2, 0.25) is 5.91 Å². The molecular weight excluding hydrogens is 386 g/mol. The Morgan fingerprint density at radius 1 is 1.03 bits per heavy atom. The largest absolute Gasteiger partial charge is 0.480 e.